The molecule has 1 aromatic rings. The van der Waals surface area contributed by atoms with Gasteiger partial charge in [-0.05, 0) is 24.3 Å². The van der Waals surface area contributed by atoms with Gasteiger partial charge in [-0.1, -0.05) is 25.4 Å². The first kappa shape index (κ1) is 14.9. The molecule has 1 heterocycles. The summed E-state index contributed by atoms with van der Waals surface area (Å²) in [5, 5.41) is 0.619. The number of hydrogen-bond donors (Lipinski definition) is 0. The smallest absolute Gasteiger partial charge is 0.253 e. The van der Waals surface area contributed by atoms with E-state index in [4.69, 9.17) is 11.6 Å². The molecule has 0 aliphatic carbocycles. The van der Waals surface area contributed by atoms with Gasteiger partial charge in [-0.3, -0.25) is 9.59 Å². The zero-order valence-electron chi connectivity index (χ0n) is 11.8. The molecule has 0 radical (unpaired) electrons. The standard InChI is InChI=1S/C15H19ClN2O2/c1-11(2)14(19)17-7-9-18(10-8-17)15(20)12-3-5-13(16)6-4-12/h3-6,11H,7-10H2,1-2H3. The molecule has 0 unspecified atom stereocenters. The van der Waals surface area contributed by atoms with Crippen molar-refractivity contribution >= 4 is 23.4 Å². The number of carbonyl (C=O) groups is 2. The van der Waals surface area contributed by atoms with E-state index in [0.717, 1.165) is 0 Å². The van der Waals surface area contributed by atoms with Crippen LogP contribution in [0.3, 0.4) is 0 Å². The second-order valence-corrected chi connectivity index (χ2v) is 5.72. The van der Waals surface area contributed by atoms with Crippen molar-refractivity contribution < 1.29 is 9.59 Å². The van der Waals surface area contributed by atoms with Crippen molar-refractivity contribution in [3.8, 4) is 0 Å². The van der Waals surface area contributed by atoms with E-state index in [1.54, 1.807) is 29.2 Å². The fraction of sp³-hybridized carbons (Fsp3) is 0.467. The van der Waals surface area contributed by atoms with E-state index in [2.05, 4.69) is 0 Å². The van der Waals surface area contributed by atoms with E-state index < -0.39 is 0 Å². The number of nitrogens with zero attached hydrogens (tertiary/aromatic N) is 2. The Balaban J connectivity index is 1.95. The average Bonchev–Trinajstić information content (AvgIpc) is 2.46. The summed E-state index contributed by atoms with van der Waals surface area (Å²) < 4.78 is 0. The van der Waals surface area contributed by atoms with Gasteiger partial charge in [-0.15, -0.1) is 0 Å². The highest BCUT2D eigenvalue weighted by molar-refractivity contribution is 6.30. The van der Waals surface area contributed by atoms with Crippen molar-refractivity contribution in [2.75, 3.05) is 26.2 Å². The van der Waals surface area contributed by atoms with Crippen LogP contribution in [0.15, 0.2) is 24.3 Å². The molecule has 1 fully saturated rings. The molecule has 2 amide bonds. The van der Waals surface area contributed by atoms with E-state index in [1.165, 1.54) is 0 Å². The minimum Gasteiger partial charge on any atom is -0.339 e. The third kappa shape index (κ3) is 3.31. The molecular formula is C15H19ClN2O2. The molecule has 0 saturated carbocycles. The highest BCUT2D eigenvalue weighted by Crippen LogP contribution is 2.14. The summed E-state index contributed by atoms with van der Waals surface area (Å²) in [7, 11) is 0. The molecule has 0 spiro atoms. The Morgan fingerprint density at radius 3 is 2.00 bits per heavy atom. The molecule has 108 valence electrons. The van der Waals surface area contributed by atoms with Crippen molar-refractivity contribution in [3.63, 3.8) is 0 Å². The van der Waals surface area contributed by atoms with Crippen LogP contribution in [-0.2, 0) is 4.79 Å². The summed E-state index contributed by atoms with van der Waals surface area (Å²) in [4.78, 5) is 27.8. The van der Waals surface area contributed by atoms with Crippen LogP contribution in [0.2, 0.25) is 5.02 Å². The number of piperazine rings is 1. The lowest BCUT2D eigenvalue weighted by Crippen LogP contribution is -2.51. The fourth-order valence-corrected chi connectivity index (χ4v) is 2.40. The van der Waals surface area contributed by atoms with E-state index in [-0.39, 0.29) is 17.7 Å². The van der Waals surface area contributed by atoms with Gasteiger partial charge in [-0.25, -0.2) is 0 Å². The first-order valence-electron chi connectivity index (χ1n) is 6.82. The molecule has 0 aromatic heterocycles. The van der Waals surface area contributed by atoms with Gasteiger partial charge in [0.1, 0.15) is 0 Å². The van der Waals surface area contributed by atoms with Crippen LogP contribution in [0, 0.1) is 5.92 Å². The summed E-state index contributed by atoms with van der Waals surface area (Å²) in [6, 6.07) is 6.90. The van der Waals surface area contributed by atoms with E-state index in [1.807, 2.05) is 18.7 Å². The van der Waals surface area contributed by atoms with Crippen molar-refractivity contribution in [3.05, 3.63) is 34.9 Å². The van der Waals surface area contributed by atoms with Gasteiger partial charge in [0.25, 0.3) is 5.91 Å². The monoisotopic (exact) mass is 294 g/mol. The lowest BCUT2D eigenvalue weighted by atomic mass is 10.1. The minimum atomic E-state index is -0.00156. The molecule has 1 saturated heterocycles. The minimum absolute atomic E-state index is 0.00156. The predicted octanol–water partition coefficient (Wildman–Crippen LogP) is 2.28. The molecule has 1 aliphatic heterocycles. The molecule has 1 aliphatic rings. The van der Waals surface area contributed by atoms with E-state index in [0.29, 0.717) is 36.8 Å². The largest absolute Gasteiger partial charge is 0.339 e. The summed E-state index contributed by atoms with van der Waals surface area (Å²) >= 11 is 5.82. The van der Waals surface area contributed by atoms with Gasteiger partial charge < -0.3 is 9.80 Å². The lowest BCUT2D eigenvalue weighted by Gasteiger charge is -2.35. The summed E-state index contributed by atoms with van der Waals surface area (Å²) in [5.74, 6) is 0.162. The van der Waals surface area contributed by atoms with Crippen molar-refractivity contribution in [2.45, 2.75) is 13.8 Å². The average molecular weight is 295 g/mol. The van der Waals surface area contributed by atoms with Crippen molar-refractivity contribution in [2.24, 2.45) is 5.92 Å². The molecule has 4 nitrogen and oxygen atoms in total. The van der Waals surface area contributed by atoms with Crippen molar-refractivity contribution in [1.29, 1.82) is 0 Å². The Bertz CT molecular complexity index is 491. The van der Waals surface area contributed by atoms with Gasteiger partial charge in [0.2, 0.25) is 5.91 Å². The van der Waals surface area contributed by atoms with Crippen LogP contribution in [0.4, 0.5) is 0 Å². The van der Waals surface area contributed by atoms with Crippen LogP contribution >= 0.6 is 11.6 Å². The molecule has 0 N–H and O–H groups in total. The van der Waals surface area contributed by atoms with Gasteiger partial charge in [0.05, 0.1) is 0 Å². The number of amides is 2. The number of halogens is 1. The quantitative estimate of drug-likeness (QED) is 0.839. The zero-order valence-corrected chi connectivity index (χ0v) is 12.6. The number of benzene rings is 1. The number of rotatable bonds is 2. The number of hydrogen-bond acceptors (Lipinski definition) is 2. The zero-order chi connectivity index (χ0) is 14.7. The molecule has 5 heteroatoms. The molecule has 1 aromatic carbocycles. The van der Waals surface area contributed by atoms with Crippen LogP contribution in [0.5, 0.6) is 0 Å². The van der Waals surface area contributed by atoms with Crippen molar-refractivity contribution in [1.82, 2.24) is 9.80 Å². The molecule has 0 bridgehead atoms. The molecule has 0 atom stereocenters. The highest BCUT2D eigenvalue weighted by atomic mass is 35.5. The van der Waals surface area contributed by atoms with E-state index in [9.17, 15) is 9.59 Å². The second-order valence-electron chi connectivity index (χ2n) is 5.28. The van der Waals surface area contributed by atoms with Crippen LogP contribution in [0.1, 0.15) is 24.2 Å². The molecule has 2 rings (SSSR count). The van der Waals surface area contributed by atoms with Crippen LogP contribution in [0.25, 0.3) is 0 Å². The third-order valence-electron chi connectivity index (χ3n) is 3.46. The van der Waals surface area contributed by atoms with E-state index >= 15 is 0 Å². The lowest BCUT2D eigenvalue weighted by molar-refractivity contribution is -0.135. The Kier molecular flexibility index (Phi) is 4.65. The summed E-state index contributed by atoms with van der Waals surface area (Å²) in [6.45, 7) is 6.17. The van der Waals surface area contributed by atoms with Gasteiger partial charge in [-0.2, -0.15) is 0 Å². The Morgan fingerprint density at radius 1 is 1.00 bits per heavy atom. The topological polar surface area (TPSA) is 40.6 Å². The summed E-state index contributed by atoms with van der Waals surface area (Å²) in [5.41, 5.74) is 0.637. The first-order valence-corrected chi connectivity index (χ1v) is 7.20. The fourth-order valence-electron chi connectivity index (χ4n) is 2.27. The maximum Gasteiger partial charge on any atom is 0.253 e. The Labute approximate surface area is 124 Å². The SMILES string of the molecule is CC(C)C(=O)N1CCN(C(=O)c2ccc(Cl)cc2)CC1. The summed E-state index contributed by atoms with van der Waals surface area (Å²) in [6.07, 6.45) is 0. The van der Waals surface area contributed by atoms with Crippen LogP contribution in [-0.4, -0.2) is 47.8 Å². The third-order valence-corrected chi connectivity index (χ3v) is 3.72. The Hall–Kier alpha value is -1.55. The van der Waals surface area contributed by atoms with Gasteiger partial charge >= 0.3 is 0 Å². The normalized spacial score (nSPS) is 15.6. The van der Waals surface area contributed by atoms with Gasteiger partial charge in [0, 0.05) is 42.7 Å². The number of carbonyl (C=O) groups excluding carboxylic acids is 2. The molecular weight excluding hydrogens is 276 g/mol. The first-order chi connectivity index (χ1) is 9.49. The molecule has 20 heavy (non-hydrogen) atoms. The second kappa shape index (κ2) is 6.27. The maximum atomic E-state index is 12.3. The van der Waals surface area contributed by atoms with Crippen LogP contribution < -0.4 is 0 Å². The predicted molar refractivity (Wildman–Crippen MR) is 78.8 cm³/mol. The Morgan fingerprint density at radius 2 is 1.50 bits per heavy atom. The highest BCUT2D eigenvalue weighted by Gasteiger charge is 2.25. The maximum absolute atomic E-state index is 12.3. The van der Waals surface area contributed by atoms with Gasteiger partial charge in [0.15, 0.2) is 0 Å².